The van der Waals surface area contributed by atoms with Crippen LogP contribution in [0.2, 0.25) is 0 Å². The van der Waals surface area contributed by atoms with Crippen molar-refractivity contribution in [3.05, 3.63) is 61.3 Å². The Bertz CT molecular complexity index is 1540. The van der Waals surface area contributed by atoms with E-state index in [2.05, 4.69) is 28.2 Å². The van der Waals surface area contributed by atoms with Gasteiger partial charge in [-0.2, -0.15) is 11.8 Å². The lowest BCUT2D eigenvalue weighted by molar-refractivity contribution is -0.144. The Labute approximate surface area is 252 Å². The molecule has 2 aromatic heterocycles. The highest BCUT2D eigenvalue weighted by molar-refractivity contribution is 9.10. The van der Waals surface area contributed by atoms with E-state index in [1.807, 2.05) is 43.5 Å². The van der Waals surface area contributed by atoms with Crippen LogP contribution in [0.4, 0.5) is 0 Å². The molecule has 3 heterocycles. The summed E-state index contributed by atoms with van der Waals surface area (Å²) in [5, 5.41) is 15.7. The van der Waals surface area contributed by atoms with Crippen molar-refractivity contribution in [2.45, 2.75) is 51.9 Å². The minimum atomic E-state index is -2.01. The molecule has 0 bridgehead atoms. The molecule has 0 radical (unpaired) electrons. The summed E-state index contributed by atoms with van der Waals surface area (Å²) in [6.45, 7) is 4.63. The van der Waals surface area contributed by atoms with Crippen molar-refractivity contribution >= 4 is 50.5 Å². The molecular formula is C30H37BrN4O5S. The van der Waals surface area contributed by atoms with E-state index < -0.39 is 23.0 Å². The zero-order valence-corrected chi connectivity index (χ0v) is 26.6. The third-order valence-electron chi connectivity index (χ3n) is 7.54. The van der Waals surface area contributed by atoms with Crippen LogP contribution in [-0.2, 0) is 39.5 Å². The number of hydrogen-bond acceptors (Lipinski definition) is 8. The van der Waals surface area contributed by atoms with Gasteiger partial charge in [-0.05, 0) is 63.0 Å². The fourth-order valence-corrected chi connectivity index (χ4v) is 5.99. The monoisotopic (exact) mass is 644 g/mol. The van der Waals surface area contributed by atoms with E-state index in [1.165, 1.54) is 11.8 Å². The molecular weight excluding hydrogens is 608 g/mol. The summed E-state index contributed by atoms with van der Waals surface area (Å²) < 4.78 is 8.06. The number of pyridine rings is 2. The number of carbonyl (C=O) groups is 2. The number of aliphatic hydroxyl groups is 1. The third-order valence-corrected chi connectivity index (χ3v) is 8.65. The van der Waals surface area contributed by atoms with Gasteiger partial charge in [-0.3, -0.25) is 14.4 Å². The van der Waals surface area contributed by atoms with E-state index in [4.69, 9.17) is 9.72 Å². The molecule has 0 fully saturated rings. The van der Waals surface area contributed by atoms with Crippen molar-refractivity contribution in [2.24, 2.45) is 0 Å². The summed E-state index contributed by atoms with van der Waals surface area (Å²) in [5.74, 6) is -0.461. The number of aromatic nitrogens is 2. The van der Waals surface area contributed by atoms with Gasteiger partial charge in [0.2, 0.25) is 0 Å². The van der Waals surface area contributed by atoms with Crippen LogP contribution in [0, 0.1) is 0 Å². The fraction of sp³-hybridized carbons (Fsp3) is 0.467. The number of amides is 1. The number of likely N-dealkylation sites (N-methyl/N-ethyl adjacent to an activating group) is 1. The molecule has 0 saturated carbocycles. The Balaban J connectivity index is 1.88. The van der Waals surface area contributed by atoms with Gasteiger partial charge in [0.1, 0.15) is 6.61 Å². The maximum Gasteiger partial charge on any atom is 0.306 e. The molecule has 1 aromatic carbocycles. The van der Waals surface area contributed by atoms with Crippen molar-refractivity contribution in [3.63, 3.8) is 0 Å². The fourth-order valence-electron chi connectivity index (χ4n) is 5.26. The van der Waals surface area contributed by atoms with Crippen molar-refractivity contribution in [1.82, 2.24) is 19.8 Å². The number of carbonyl (C=O) groups excluding carboxylic acids is 2. The Morgan fingerprint density at radius 3 is 2.66 bits per heavy atom. The SMILES string of the molecule is CCc1c2c(nc3ccc(Br)cc13)-c1cc([C@@](O)(CC)C(=O)NCCN(C)C)c(COC(=O)CCSC)c(=O)n1C2. The Morgan fingerprint density at radius 1 is 1.24 bits per heavy atom. The van der Waals surface area contributed by atoms with E-state index in [0.29, 0.717) is 36.8 Å². The molecule has 3 aromatic rings. The number of nitrogens with one attached hydrogen (secondary N) is 1. The average molecular weight is 646 g/mol. The number of rotatable bonds is 12. The van der Waals surface area contributed by atoms with Gasteiger partial charge in [0.15, 0.2) is 5.60 Å². The molecule has 4 rings (SSSR count). The molecule has 11 heteroatoms. The van der Waals surface area contributed by atoms with Crippen LogP contribution >= 0.6 is 27.7 Å². The zero-order valence-electron chi connectivity index (χ0n) is 24.2. The number of fused-ring (bicyclic) bond motifs is 4. The van der Waals surface area contributed by atoms with Crippen LogP contribution in [0.3, 0.4) is 0 Å². The smallest absolute Gasteiger partial charge is 0.306 e. The van der Waals surface area contributed by atoms with Gasteiger partial charge in [-0.25, -0.2) is 4.98 Å². The number of hydrogen-bond donors (Lipinski definition) is 2. The highest BCUT2D eigenvalue weighted by Crippen LogP contribution is 2.39. The van der Waals surface area contributed by atoms with Gasteiger partial charge >= 0.3 is 5.97 Å². The molecule has 41 heavy (non-hydrogen) atoms. The lowest BCUT2D eigenvalue weighted by atomic mass is 9.86. The van der Waals surface area contributed by atoms with Crippen LogP contribution in [-0.4, -0.2) is 70.6 Å². The van der Waals surface area contributed by atoms with E-state index in [-0.39, 0.29) is 30.6 Å². The van der Waals surface area contributed by atoms with Gasteiger partial charge in [0.05, 0.1) is 35.4 Å². The summed E-state index contributed by atoms with van der Waals surface area (Å²) in [4.78, 5) is 46.8. The van der Waals surface area contributed by atoms with E-state index in [0.717, 1.165) is 32.9 Å². The van der Waals surface area contributed by atoms with Crippen LogP contribution < -0.4 is 10.9 Å². The second-order valence-electron chi connectivity index (χ2n) is 10.4. The molecule has 9 nitrogen and oxygen atoms in total. The minimum Gasteiger partial charge on any atom is -0.461 e. The largest absolute Gasteiger partial charge is 0.461 e. The van der Waals surface area contributed by atoms with Crippen molar-refractivity contribution in [2.75, 3.05) is 39.2 Å². The second kappa shape index (κ2) is 13.1. The number of halogens is 1. The predicted molar refractivity (Wildman–Crippen MR) is 166 cm³/mol. The van der Waals surface area contributed by atoms with Gasteiger partial charge in [0.25, 0.3) is 11.5 Å². The summed E-state index contributed by atoms with van der Waals surface area (Å²) in [5.41, 5.74) is 1.82. The molecule has 2 N–H and O–H groups in total. The Hall–Kier alpha value is -2.73. The number of thioether (sulfide) groups is 1. The summed E-state index contributed by atoms with van der Waals surface area (Å²) in [7, 11) is 3.78. The van der Waals surface area contributed by atoms with Gasteiger partial charge in [-0.15, -0.1) is 0 Å². The third kappa shape index (κ3) is 6.23. The number of aryl methyl sites for hydroxylation is 1. The van der Waals surface area contributed by atoms with Gasteiger partial charge in [-0.1, -0.05) is 29.8 Å². The molecule has 1 atom stereocenters. The summed E-state index contributed by atoms with van der Waals surface area (Å²) >= 11 is 5.08. The molecule has 0 spiro atoms. The number of benzene rings is 1. The highest BCUT2D eigenvalue weighted by atomic mass is 79.9. The molecule has 0 saturated heterocycles. The maximum absolute atomic E-state index is 14.1. The van der Waals surface area contributed by atoms with Crippen molar-refractivity contribution in [1.29, 1.82) is 0 Å². The topological polar surface area (TPSA) is 114 Å². The number of nitrogens with zero attached hydrogens (tertiary/aromatic N) is 3. The van der Waals surface area contributed by atoms with Crippen LogP contribution in [0.5, 0.6) is 0 Å². The van der Waals surface area contributed by atoms with Crippen LogP contribution in [0.15, 0.2) is 33.5 Å². The van der Waals surface area contributed by atoms with Crippen LogP contribution in [0.1, 0.15) is 48.9 Å². The van der Waals surface area contributed by atoms with E-state index in [9.17, 15) is 19.5 Å². The van der Waals surface area contributed by atoms with Gasteiger partial charge < -0.3 is 24.6 Å². The predicted octanol–water partition coefficient (Wildman–Crippen LogP) is 3.82. The first kappa shape index (κ1) is 31.2. The highest BCUT2D eigenvalue weighted by Gasteiger charge is 2.41. The first-order valence-electron chi connectivity index (χ1n) is 13.7. The standard InChI is InChI=1S/C30H37BrN4O5S/c1-6-19-20-14-18(31)8-9-24(20)33-27-21(19)16-35-25(27)15-23(22(28(35)37)17-40-26(36)10-13-41-5)30(39,7-2)29(38)32-11-12-34(3)4/h8-9,14-15,39H,6-7,10-13,16-17H2,1-5H3,(H,32,38)/t30-/m0/s1. The normalized spacial score (nSPS) is 13.7. The average Bonchev–Trinajstić information content (AvgIpc) is 3.31. The molecule has 1 aliphatic heterocycles. The summed E-state index contributed by atoms with van der Waals surface area (Å²) in [6, 6.07) is 7.58. The van der Waals surface area contributed by atoms with E-state index in [1.54, 1.807) is 17.6 Å². The first-order chi connectivity index (χ1) is 19.5. The van der Waals surface area contributed by atoms with Crippen molar-refractivity contribution in [3.8, 4) is 11.4 Å². The molecule has 220 valence electrons. The van der Waals surface area contributed by atoms with Gasteiger partial charge in [0, 0.05) is 39.8 Å². The summed E-state index contributed by atoms with van der Waals surface area (Å²) in [6.07, 6.45) is 2.85. The Morgan fingerprint density at radius 2 is 2.00 bits per heavy atom. The number of ether oxygens (including phenoxy) is 1. The van der Waals surface area contributed by atoms with Crippen LogP contribution in [0.25, 0.3) is 22.3 Å². The lowest BCUT2D eigenvalue weighted by Crippen LogP contribution is -2.47. The van der Waals surface area contributed by atoms with E-state index >= 15 is 0 Å². The molecule has 1 amide bonds. The maximum atomic E-state index is 14.1. The Kier molecular flexibility index (Phi) is 9.94. The molecule has 0 aliphatic carbocycles. The van der Waals surface area contributed by atoms with Crippen molar-refractivity contribution < 1.29 is 19.4 Å². The molecule has 0 unspecified atom stereocenters. The molecule has 1 aliphatic rings. The number of esters is 1. The zero-order chi connectivity index (χ0) is 29.9. The lowest BCUT2D eigenvalue weighted by Gasteiger charge is -2.29. The first-order valence-corrected chi connectivity index (χ1v) is 15.9. The second-order valence-corrected chi connectivity index (χ2v) is 12.3. The quantitative estimate of drug-likeness (QED) is 0.224. The minimum absolute atomic E-state index is 0.0172.